The predicted molar refractivity (Wildman–Crippen MR) is 83.6 cm³/mol. The number of carbonyl (C=O) groups is 1. The molecule has 1 fully saturated rings. The van der Waals surface area contributed by atoms with Crippen LogP contribution in [0.5, 0.6) is 0 Å². The molecule has 1 saturated heterocycles. The van der Waals surface area contributed by atoms with E-state index in [9.17, 15) is 4.79 Å². The van der Waals surface area contributed by atoms with Gasteiger partial charge in [-0.1, -0.05) is 0 Å². The molecule has 1 amide bonds. The molecule has 1 aromatic heterocycles. The minimum absolute atomic E-state index is 0.0549. The van der Waals surface area contributed by atoms with Crippen molar-refractivity contribution in [2.75, 3.05) is 18.0 Å². The van der Waals surface area contributed by atoms with E-state index in [0.717, 1.165) is 25.1 Å². The molecule has 1 aliphatic rings. The van der Waals surface area contributed by atoms with E-state index in [4.69, 9.17) is 10.00 Å². The van der Waals surface area contributed by atoms with Crippen LogP contribution in [0.25, 0.3) is 0 Å². The van der Waals surface area contributed by atoms with Crippen molar-refractivity contribution in [3.05, 3.63) is 24.0 Å². The largest absolute Gasteiger partial charge is 0.444 e. The lowest BCUT2D eigenvalue weighted by Gasteiger charge is -2.34. The standard InChI is InChI=1S/C16H22N4O2/c1-16(2,3)22-15(21)19-13-5-4-8-20(11-13)14-7-6-12(9-17)18-10-14/h6-7,10,13H,4-5,8,11H2,1-3H3,(H,19,21)/t13-/m0/s1. The van der Waals surface area contributed by atoms with Crippen molar-refractivity contribution in [1.82, 2.24) is 10.3 Å². The first kappa shape index (κ1) is 16.1. The molecule has 2 rings (SSSR count). The topological polar surface area (TPSA) is 78.2 Å². The Balaban J connectivity index is 1.94. The molecule has 1 aliphatic heterocycles. The zero-order valence-corrected chi connectivity index (χ0v) is 13.3. The van der Waals surface area contributed by atoms with E-state index in [1.54, 1.807) is 12.3 Å². The van der Waals surface area contributed by atoms with Crippen LogP contribution in [0.15, 0.2) is 18.3 Å². The van der Waals surface area contributed by atoms with Crippen LogP contribution in [-0.4, -0.2) is 35.8 Å². The number of anilines is 1. The average Bonchev–Trinajstić information content (AvgIpc) is 2.45. The molecule has 1 N–H and O–H groups in total. The summed E-state index contributed by atoms with van der Waals surface area (Å²) in [6, 6.07) is 5.66. The number of ether oxygens (including phenoxy) is 1. The van der Waals surface area contributed by atoms with Crippen LogP contribution < -0.4 is 10.2 Å². The van der Waals surface area contributed by atoms with Gasteiger partial charge in [0.05, 0.1) is 11.9 Å². The summed E-state index contributed by atoms with van der Waals surface area (Å²) in [5.41, 5.74) is 0.883. The fourth-order valence-electron chi connectivity index (χ4n) is 2.44. The van der Waals surface area contributed by atoms with Gasteiger partial charge in [-0.15, -0.1) is 0 Å². The highest BCUT2D eigenvalue weighted by Gasteiger charge is 2.24. The summed E-state index contributed by atoms with van der Waals surface area (Å²) in [5, 5.41) is 11.7. The Hall–Kier alpha value is -2.29. The average molecular weight is 302 g/mol. The monoisotopic (exact) mass is 302 g/mol. The number of carbonyl (C=O) groups excluding carboxylic acids is 1. The fourth-order valence-corrected chi connectivity index (χ4v) is 2.44. The first-order chi connectivity index (χ1) is 10.4. The molecule has 0 bridgehead atoms. The van der Waals surface area contributed by atoms with Crippen molar-refractivity contribution < 1.29 is 9.53 Å². The third kappa shape index (κ3) is 4.62. The zero-order chi connectivity index (χ0) is 16.2. The number of alkyl carbamates (subject to hydrolysis) is 1. The molecule has 0 spiro atoms. The molecule has 0 radical (unpaired) electrons. The Morgan fingerprint density at radius 3 is 2.86 bits per heavy atom. The Bertz CT molecular complexity index is 557. The lowest BCUT2D eigenvalue weighted by Crippen LogP contribution is -2.49. The van der Waals surface area contributed by atoms with Gasteiger partial charge < -0.3 is 15.0 Å². The molecule has 1 aromatic rings. The second kappa shape index (κ2) is 6.65. The van der Waals surface area contributed by atoms with Crippen molar-refractivity contribution in [3.63, 3.8) is 0 Å². The number of hydrogen-bond acceptors (Lipinski definition) is 5. The smallest absolute Gasteiger partial charge is 0.407 e. The number of amides is 1. The lowest BCUT2D eigenvalue weighted by molar-refractivity contribution is 0.0500. The van der Waals surface area contributed by atoms with Crippen LogP contribution in [0.4, 0.5) is 10.5 Å². The zero-order valence-electron chi connectivity index (χ0n) is 13.3. The van der Waals surface area contributed by atoms with Crippen molar-refractivity contribution in [2.45, 2.75) is 45.3 Å². The molecule has 1 atom stereocenters. The molecule has 0 saturated carbocycles. The maximum Gasteiger partial charge on any atom is 0.407 e. The molecule has 2 heterocycles. The van der Waals surface area contributed by atoms with E-state index < -0.39 is 5.60 Å². The quantitative estimate of drug-likeness (QED) is 0.908. The van der Waals surface area contributed by atoms with Gasteiger partial charge in [0, 0.05) is 19.1 Å². The highest BCUT2D eigenvalue weighted by atomic mass is 16.6. The summed E-state index contributed by atoms with van der Waals surface area (Å²) in [5.74, 6) is 0. The molecule has 22 heavy (non-hydrogen) atoms. The first-order valence-corrected chi connectivity index (χ1v) is 7.48. The summed E-state index contributed by atoms with van der Waals surface area (Å²) in [6.07, 6.45) is 3.24. The number of aromatic nitrogens is 1. The van der Waals surface area contributed by atoms with Gasteiger partial charge in [0.1, 0.15) is 17.4 Å². The van der Waals surface area contributed by atoms with E-state index in [-0.39, 0.29) is 12.1 Å². The van der Waals surface area contributed by atoms with Crippen LogP contribution in [0, 0.1) is 11.3 Å². The van der Waals surface area contributed by atoms with Gasteiger partial charge in [-0.2, -0.15) is 5.26 Å². The number of rotatable bonds is 2. The molecular weight excluding hydrogens is 280 g/mol. The number of nitriles is 1. The molecule has 6 nitrogen and oxygen atoms in total. The van der Waals surface area contributed by atoms with Crippen molar-refractivity contribution in [1.29, 1.82) is 5.26 Å². The molecule has 0 unspecified atom stereocenters. The molecular formula is C16H22N4O2. The van der Waals surface area contributed by atoms with Gasteiger partial charge in [-0.05, 0) is 45.7 Å². The van der Waals surface area contributed by atoms with E-state index in [2.05, 4.69) is 15.2 Å². The summed E-state index contributed by atoms with van der Waals surface area (Å²) in [6.45, 7) is 7.18. The minimum atomic E-state index is -0.491. The Morgan fingerprint density at radius 1 is 1.50 bits per heavy atom. The van der Waals surface area contributed by atoms with Crippen LogP contribution in [0.1, 0.15) is 39.3 Å². The fraction of sp³-hybridized carbons (Fsp3) is 0.562. The first-order valence-electron chi connectivity index (χ1n) is 7.48. The minimum Gasteiger partial charge on any atom is -0.444 e. The van der Waals surface area contributed by atoms with Gasteiger partial charge in [-0.25, -0.2) is 9.78 Å². The molecule has 0 aliphatic carbocycles. The molecule has 118 valence electrons. The summed E-state index contributed by atoms with van der Waals surface area (Å²) in [7, 11) is 0. The van der Waals surface area contributed by atoms with E-state index in [0.29, 0.717) is 12.2 Å². The second-order valence-electron chi connectivity index (χ2n) is 6.44. The summed E-state index contributed by atoms with van der Waals surface area (Å²) < 4.78 is 5.29. The Morgan fingerprint density at radius 2 is 2.27 bits per heavy atom. The van der Waals surface area contributed by atoms with Gasteiger partial charge >= 0.3 is 6.09 Å². The molecule has 6 heteroatoms. The van der Waals surface area contributed by atoms with Gasteiger partial charge in [0.25, 0.3) is 0 Å². The number of hydrogen-bond donors (Lipinski definition) is 1. The number of piperidine rings is 1. The van der Waals surface area contributed by atoms with Crippen LogP contribution in [-0.2, 0) is 4.74 Å². The van der Waals surface area contributed by atoms with Crippen molar-refractivity contribution in [2.24, 2.45) is 0 Å². The predicted octanol–water partition coefficient (Wildman–Crippen LogP) is 2.45. The Labute approximate surface area is 131 Å². The third-order valence-corrected chi connectivity index (χ3v) is 3.37. The van der Waals surface area contributed by atoms with Crippen molar-refractivity contribution >= 4 is 11.8 Å². The maximum atomic E-state index is 11.9. The van der Waals surface area contributed by atoms with Gasteiger partial charge in [-0.3, -0.25) is 0 Å². The number of nitrogens with one attached hydrogen (secondary N) is 1. The second-order valence-corrected chi connectivity index (χ2v) is 6.44. The van der Waals surface area contributed by atoms with Gasteiger partial charge in [0.15, 0.2) is 0 Å². The number of pyridine rings is 1. The van der Waals surface area contributed by atoms with Crippen LogP contribution in [0.2, 0.25) is 0 Å². The SMILES string of the molecule is CC(C)(C)OC(=O)N[C@H]1CCCN(c2ccc(C#N)nc2)C1. The normalized spacial score (nSPS) is 18.5. The third-order valence-electron chi connectivity index (χ3n) is 3.37. The summed E-state index contributed by atoms with van der Waals surface area (Å²) in [4.78, 5) is 18.1. The Kier molecular flexibility index (Phi) is 4.86. The van der Waals surface area contributed by atoms with Gasteiger partial charge in [0.2, 0.25) is 0 Å². The summed E-state index contributed by atoms with van der Waals surface area (Å²) >= 11 is 0. The molecule has 0 aromatic carbocycles. The highest BCUT2D eigenvalue weighted by molar-refractivity contribution is 5.68. The lowest BCUT2D eigenvalue weighted by atomic mass is 10.1. The van der Waals surface area contributed by atoms with E-state index in [1.165, 1.54) is 0 Å². The van der Waals surface area contributed by atoms with E-state index >= 15 is 0 Å². The van der Waals surface area contributed by atoms with Crippen molar-refractivity contribution in [3.8, 4) is 6.07 Å². The maximum absolute atomic E-state index is 11.9. The highest BCUT2D eigenvalue weighted by Crippen LogP contribution is 2.19. The number of nitrogens with zero attached hydrogens (tertiary/aromatic N) is 3. The van der Waals surface area contributed by atoms with Crippen LogP contribution in [0.3, 0.4) is 0 Å². The van der Waals surface area contributed by atoms with Crippen LogP contribution >= 0.6 is 0 Å². The van der Waals surface area contributed by atoms with E-state index in [1.807, 2.05) is 32.9 Å².